The Labute approximate surface area is 99.5 Å². The zero-order valence-electron chi connectivity index (χ0n) is 11.4. The van der Waals surface area contributed by atoms with Crippen LogP contribution in [-0.2, 0) is 11.4 Å². The third-order valence-corrected chi connectivity index (χ3v) is 3.85. The van der Waals surface area contributed by atoms with Gasteiger partial charge < -0.3 is 11.4 Å². The Balaban J connectivity index is 4.32. The second-order valence-corrected chi connectivity index (χ2v) is 7.25. The van der Waals surface area contributed by atoms with Crippen molar-refractivity contribution in [2.24, 2.45) is 0 Å². The van der Waals surface area contributed by atoms with Gasteiger partial charge in [-0.1, -0.05) is 0 Å². The summed E-state index contributed by atoms with van der Waals surface area (Å²) in [4.78, 5) is 0. The van der Waals surface area contributed by atoms with Crippen molar-refractivity contribution in [3.63, 3.8) is 0 Å². The molecule has 0 saturated carbocycles. The molecule has 0 unspecified atom stereocenters. The molecule has 0 aromatic heterocycles. The molecule has 3 nitrogen and oxygen atoms in total. The molecule has 4 heteroatoms. The van der Waals surface area contributed by atoms with Crippen LogP contribution in [0.2, 0.25) is 0 Å². The fourth-order valence-electron chi connectivity index (χ4n) is 0.879. The quantitative estimate of drug-likeness (QED) is 0.697. The van der Waals surface area contributed by atoms with Gasteiger partial charge in [-0.05, 0) is 55.4 Å². The van der Waals surface area contributed by atoms with Crippen LogP contribution in [0.3, 0.4) is 0 Å². The fourth-order valence-corrected chi connectivity index (χ4v) is 2.64. The van der Waals surface area contributed by atoms with Crippen LogP contribution in [0.5, 0.6) is 0 Å². The Bertz CT molecular complexity index is 163. The van der Waals surface area contributed by atoms with Crippen LogP contribution in [0, 0.1) is 0 Å². The van der Waals surface area contributed by atoms with Crippen LogP contribution in [0.25, 0.3) is 0 Å². The van der Waals surface area contributed by atoms with E-state index < -0.39 is 15.1 Å². The maximum atomic E-state index is 5.82. The molecule has 0 bridgehead atoms. The molecule has 0 fully saturated rings. The molecule has 0 aliphatic heterocycles. The van der Waals surface area contributed by atoms with Crippen LogP contribution in [-0.4, -0.2) is 32.5 Å². The first-order valence-electron chi connectivity index (χ1n) is 5.51. The number of hydrogen-bond acceptors (Lipinski definition) is 3. The Morgan fingerprint density at radius 3 is 1.33 bits per heavy atom. The molecule has 15 heavy (non-hydrogen) atoms. The molecule has 0 aromatic carbocycles. The van der Waals surface area contributed by atoms with E-state index in [2.05, 4.69) is 0 Å². The second kappa shape index (κ2) is 5.65. The monoisotopic (exact) mass is 232 g/mol. The summed E-state index contributed by atoms with van der Waals surface area (Å²) >= 11 is -2.04. The van der Waals surface area contributed by atoms with E-state index in [0.29, 0.717) is 0 Å². The summed E-state index contributed by atoms with van der Waals surface area (Å²) in [6, 6.07) is 0. The van der Waals surface area contributed by atoms with Crippen molar-refractivity contribution in [3.05, 3.63) is 0 Å². The van der Waals surface area contributed by atoms with Crippen molar-refractivity contribution in [2.45, 2.75) is 72.7 Å². The van der Waals surface area contributed by atoms with Crippen molar-refractivity contribution in [3.8, 4) is 0 Å². The standard InChI is InChI=1S/2C4H9O.C3H7O.Al/c2*1-4(2,3)5;1-3(2)4;/h2*1-3H3;3H,1-2H3;/q3*-1;+3. The van der Waals surface area contributed by atoms with E-state index in [4.69, 9.17) is 11.4 Å². The van der Waals surface area contributed by atoms with Crippen molar-refractivity contribution in [1.82, 2.24) is 0 Å². The molecule has 0 amide bonds. The van der Waals surface area contributed by atoms with E-state index in [0.717, 1.165) is 0 Å². The van der Waals surface area contributed by atoms with Gasteiger partial charge in [0.05, 0.1) is 0 Å². The minimum Gasteiger partial charge on any atom is -0.452 e. The van der Waals surface area contributed by atoms with Crippen molar-refractivity contribution < 1.29 is 11.4 Å². The van der Waals surface area contributed by atoms with Crippen molar-refractivity contribution in [2.75, 3.05) is 0 Å². The van der Waals surface area contributed by atoms with Gasteiger partial charge in [-0.3, -0.25) is 0 Å². The Hall–Kier alpha value is 0.412. The van der Waals surface area contributed by atoms with Gasteiger partial charge in [0.15, 0.2) is 0 Å². The fraction of sp³-hybridized carbons (Fsp3) is 1.00. The van der Waals surface area contributed by atoms with Gasteiger partial charge in [-0.15, -0.1) is 0 Å². The van der Waals surface area contributed by atoms with Gasteiger partial charge in [0.1, 0.15) is 0 Å². The largest absolute Gasteiger partial charge is 0.906 e. The molecule has 0 spiro atoms. The summed E-state index contributed by atoms with van der Waals surface area (Å²) in [6.07, 6.45) is 0.145. The molecule has 0 N–H and O–H groups in total. The summed E-state index contributed by atoms with van der Waals surface area (Å²) in [5, 5.41) is 0. The molecule has 0 aliphatic carbocycles. The highest BCUT2D eigenvalue weighted by molar-refractivity contribution is 6.36. The molecule has 0 atom stereocenters. The molecule has 0 saturated heterocycles. The third-order valence-electron chi connectivity index (χ3n) is 1.28. The first kappa shape index (κ1) is 15.4. The minimum absolute atomic E-state index is 0.145. The zero-order valence-corrected chi connectivity index (χ0v) is 12.5. The number of rotatable bonds is 4. The number of hydrogen-bond donors (Lipinski definition) is 0. The summed E-state index contributed by atoms with van der Waals surface area (Å²) in [5.74, 6) is 0. The summed E-state index contributed by atoms with van der Waals surface area (Å²) in [6.45, 7) is 16.1. The third kappa shape index (κ3) is 10.7. The first-order chi connectivity index (χ1) is 6.49. The molecule has 0 heterocycles. The molecule has 0 rings (SSSR count). The van der Waals surface area contributed by atoms with Gasteiger partial charge in [0, 0.05) is 17.3 Å². The average molecular weight is 232 g/mol. The van der Waals surface area contributed by atoms with Gasteiger partial charge >= 0.3 is 15.1 Å². The lowest BCUT2D eigenvalue weighted by atomic mass is 10.2. The SMILES string of the molecule is CC(C)[O][Al]([O]C(C)(C)C)[O]C(C)(C)C. The molecule has 90 valence electrons. The van der Waals surface area contributed by atoms with Gasteiger partial charge in [-0.25, -0.2) is 0 Å². The highest BCUT2D eigenvalue weighted by atomic mass is 27.3. The molecular formula is C11H25AlO3. The maximum absolute atomic E-state index is 5.82. The predicted molar refractivity (Wildman–Crippen MR) is 63.7 cm³/mol. The summed E-state index contributed by atoms with van der Waals surface area (Å²) < 4.78 is 17.3. The van der Waals surface area contributed by atoms with E-state index >= 15 is 0 Å². The average Bonchev–Trinajstić information content (AvgIpc) is 1.73. The molecular weight excluding hydrogens is 207 g/mol. The highest BCUT2D eigenvalue weighted by Crippen LogP contribution is 2.16. The van der Waals surface area contributed by atoms with E-state index in [9.17, 15) is 0 Å². The predicted octanol–water partition coefficient (Wildman–Crippen LogP) is 3.03. The zero-order chi connectivity index (χ0) is 12.3. The van der Waals surface area contributed by atoms with E-state index in [1.807, 2.05) is 55.4 Å². The van der Waals surface area contributed by atoms with Gasteiger partial charge in [0.25, 0.3) is 0 Å². The molecule has 0 aliphatic rings. The lowest BCUT2D eigenvalue weighted by Gasteiger charge is -2.30. The van der Waals surface area contributed by atoms with Crippen LogP contribution < -0.4 is 0 Å². The lowest BCUT2D eigenvalue weighted by molar-refractivity contribution is -0.0289. The van der Waals surface area contributed by atoms with Crippen LogP contribution in [0.4, 0.5) is 0 Å². The maximum Gasteiger partial charge on any atom is 0.906 e. The van der Waals surface area contributed by atoms with E-state index in [1.165, 1.54) is 0 Å². The summed E-state index contributed by atoms with van der Waals surface area (Å²) in [5.41, 5.74) is -0.423. The van der Waals surface area contributed by atoms with Crippen LogP contribution in [0.1, 0.15) is 55.4 Å². The lowest BCUT2D eigenvalue weighted by Crippen LogP contribution is -2.42. The molecule has 0 radical (unpaired) electrons. The van der Waals surface area contributed by atoms with Crippen molar-refractivity contribution in [1.29, 1.82) is 0 Å². The minimum atomic E-state index is -2.04. The van der Waals surface area contributed by atoms with Crippen LogP contribution in [0.15, 0.2) is 0 Å². The van der Waals surface area contributed by atoms with Crippen molar-refractivity contribution >= 4 is 15.1 Å². The Morgan fingerprint density at radius 2 is 1.13 bits per heavy atom. The van der Waals surface area contributed by atoms with Gasteiger partial charge in [0.2, 0.25) is 0 Å². The van der Waals surface area contributed by atoms with Gasteiger partial charge in [-0.2, -0.15) is 0 Å². The van der Waals surface area contributed by atoms with E-state index in [1.54, 1.807) is 0 Å². The Morgan fingerprint density at radius 1 is 0.800 bits per heavy atom. The first-order valence-corrected chi connectivity index (χ1v) is 6.92. The topological polar surface area (TPSA) is 27.7 Å². The summed E-state index contributed by atoms with van der Waals surface area (Å²) in [7, 11) is 0. The molecule has 0 aromatic rings. The Kier molecular flexibility index (Phi) is 5.81. The van der Waals surface area contributed by atoms with E-state index in [-0.39, 0.29) is 17.3 Å². The smallest absolute Gasteiger partial charge is 0.452 e. The second-order valence-electron chi connectivity index (χ2n) is 5.93. The normalized spacial score (nSPS) is 13.4. The highest BCUT2D eigenvalue weighted by Gasteiger charge is 2.40. The van der Waals surface area contributed by atoms with Crippen LogP contribution >= 0.6 is 0 Å².